The van der Waals surface area contributed by atoms with Crippen LogP contribution in [0.15, 0.2) is 12.7 Å². The van der Waals surface area contributed by atoms with Crippen LogP contribution < -0.4 is 0 Å². The first kappa shape index (κ1) is 25.2. The second kappa shape index (κ2) is 20.5. The van der Waals surface area contributed by atoms with Crippen molar-refractivity contribution < 1.29 is 9.53 Å². The van der Waals surface area contributed by atoms with Crippen LogP contribution in [0.4, 0.5) is 0 Å². The molecule has 0 N–H and O–H groups in total. The van der Waals surface area contributed by atoms with Crippen molar-refractivity contribution in [2.75, 3.05) is 6.61 Å². The van der Waals surface area contributed by atoms with Gasteiger partial charge in [0.1, 0.15) is 0 Å². The fourth-order valence-corrected chi connectivity index (χ4v) is 3.64. The Morgan fingerprint density at radius 2 is 1.15 bits per heavy atom. The van der Waals surface area contributed by atoms with Crippen molar-refractivity contribution in [1.82, 2.24) is 0 Å². The Bertz CT molecular complexity index is 311. The molecule has 0 aliphatic heterocycles. The number of carbonyl (C=O) groups is 1. The minimum absolute atomic E-state index is 0.287. The maximum absolute atomic E-state index is 11.1. The highest BCUT2D eigenvalue weighted by Gasteiger charge is 2.09. The molecule has 0 rings (SSSR count). The van der Waals surface area contributed by atoms with Crippen LogP contribution in [-0.2, 0) is 9.53 Å². The number of ether oxygens (including phenoxy) is 1. The minimum atomic E-state index is -0.287. The fourth-order valence-electron chi connectivity index (χ4n) is 3.64. The molecule has 0 heterocycles. The van der Waals surface area contributed by atoms with Gasteiger partial charge in [0.25, 0.3) is 0 Å². The third kappa shape index (κ3) is 18.0. The molecule has 0 aromatic heterocycles. The number of hydrogen-bond acceptors (Lipinski definition) is 2. The van der Waals surface area contributed by atoms with Crippen LogP contribution in [0.1, 0.15) is 123 Å². The van der Waals surface area contributed by atoms with Gasteiger partial charge >= 0.3 is 5.97 Å². The lowest BCUT2D eigenvalue weighted by Crippen LogP contribution is -2.06. The lowest BCUT2D eigenvalue weighted by atomic mass is 9.90. The van der Waals surface area contributed by atoms with Crippen LogP contribution in [0.25, 0.3) is 0 Å². The highest BCUT2D eigenvalue weighted by atomic mass is 16.5. The van der Waals surface area contributed by atoms with Gasteiger partial charge in [-0.15, -0.1) is 0 Å². The lowest BCUT2D eigenvalue weighted by molar-refractivity contribution is -0.137. The van der Waals surface area contributed by atoms with Gasteiger partial charge in [-0.2, -0.15) is 0 Å². The molecule has 0 saturated carbocycles. The molecule has 0 aromatic carbocycles. The van der Waals surface area contributed by atoms with Crippen LogP contribution in [0.5, 0.6) is 0 Å². The largest absolute Gasteiger partial charge is 0.463 e. The molecule has 0 radical (unpaired) electrons. The summed E-state index contributed by atoms with van der Waals surface area (Å²) in [7, 11) is 0. The molecule has 1 unspecified atom stereocenters. The molecular weight excluding hydrogens is 320 g/mol. The first-order chi connectivity index (χ1) is 12.7. The first-order valence-electron chi connectivity index (χ1n) is 11.5. The fraction of sp³-hybridized carbons (Fsp3) is 0.875. The Labute approximate surface area is 164 Å². The summed E-state index contributed by atoms with van der Waals surface area (Å²) in [6, 6.07) is 0. The summed E-state index contributed by atoms with van der Waals surface area (Å²) in [6.45, 7) is 8.55. The monoisotopic (exact) mass is 366 g/mol. The molecule has 0 fully saturated rings. The van der Waals surface area contributed by atoms with E-state index in [1.807, 2.05) is 0 Å². The van der Waals surface area contributed by atoms with E-state index in [2.05, 4.69) is 20.4 Å². The lowest BCUT2D eigenvalue weighted by Gasteiger charge is -2.17. The molecule has 2 heteroatoms. The topological polar surface area (TPSA) is 26.3 Å². The molecule has 0 spiro atoms. The molecule has 2 nitrogen and oxygen atoms in total. The van der Waals surface area contributed by atoms with Gasteiger partial charge in [-0.05, 0) is 18.8 Å². The van der Waals surface area contributed by atoms with E-state index < -0.39 is 0 Å². The SMILES string of the molecule is C=CC(=O)OCCCC(CCCCCCCC)CCCCCCCCC. The van der Waals surface area contributed by atoms with E-state index in [-0.39, 0.29) is 5.97 Å². The van der Waals surface area contributed by atoms with Gasteiger partial charge in [0.05, 0.1) is 6.61 Å². The van der Waals surface area contributed by atoms with Crippen molar-refractivity contribution in [3.8, 4) is 0 Å². The van der Waals surface area contributed by atoms with E-state index in [1.165, 1.54) is 109 Å². The second-order valence-electron chi connectivity index (χ2n) is 7.85. The molecule has 0 aliphatic rings. The summed E-state index contributed by atoms with van der Waals surface area (Å²) >= 11 is 0. The summed E-state index contributed by atoms with van der Waals surface area (Å²) in [5.41, 5.74) is 0. The Morgan fingerprint density at radius 3 is 1.62 bits per heavy atom. The standard InChI is InChI=1S/C24H46O2/c1-4-7-9-11-13-15-17-20-23(19-16-14-12-10-8-5-2)21-18-22-26-24(25)6-3/h6,23H,3-5,7-22H2,1-2H3. The van der Waals surface area contributed by atoms with E-state index in [1.54, 1.807) is 0 Å². The van der Waals surface area contributed by atoms with Crippen molar-refractivity contribution >= 4 is 5.97 Å². The summed E-state index contributed by atoms with van der Waals surface area (Å²) in [5.74, 6) is 0.531. The first-order valence-corrected chi connectivity index (χ1v) is 11.5. The van der Waals surface area contributed by atoms with Crippen molar-refractivity contribution in [2.45, 2.75) is 123 Å². The summed E-state index contributed by atoms with van der Waals surface area (Å²) < 4.78 is 5.14. The Kier molecular flexibility index (Phi) is 19.9. The summed E-state index contributed by atoms with van der Waals surface area (Å²) in [4.78, 5) is 11.1. The number of hydrogen-bond donors (Lipinski definition) is 0. The number of esters is 1. The van der Waals surface area contributed by atoms with E-state index in [0.717, 1.165) is 12.3 Å². The van der Waals surface area contributed by atoms with Gasteiger partial charge in [0.2, 0.25) is 0 Å². The van der Waals surface area contributed by atoms with Gasteiger partial charge in [-0.1, -0.05) is 117 Å². The van der Waals surface area contributed by atoms with E-state index in [4.69, 9.17) is 4.74 Å². The second-order valence-corrected chi connectivity index (χ2v) is 7.85. The predicted molar refractivity (Wildman–Crippen MR) is 114 cm³/mol. The van der Waals surface area contributed by atoms with Gasteiger partial charge in [-0.3, -0.25) is 0 Å². The highest BCUT2D eigenvalue weighted by molar-refractivity contribution is 5.81. The van der Waals surface area contributed by atoms with E-state index in [9.17, 15) is 4.79 Å². The molecule has 0 bridgehead atoms. The third-order valence-electron chi connectivity index (χ3n) is 5.35. The zero-order chi connectivity index (χ0) is 19.3. The quantitative estimate of drug-likeness (QED) is 0.124. The van der Waals surface area contributed by atoms with Crippen LogP contribution >= 0.6 is 0 Å². The Hall–Kier alpha value is -0.790. The normalized spacial score (nSPS) is 12.1. The van der Waals surface area contributed by atoms with Crippen molar-refractivity contribution in [3.63, 3.8) is 0 Å². The average molecular weight is 367 g/mol. The maximum atomic E-state index is 11.1. The van der Waals surface area contributed by atoms with E-state index >= 15 is 0 Å². The Balaban J connectivity index is 3.87. The van der Waals surface area contributed by atoms with Crippen LogP contribution in [-0.4, -0.2) is 12.6 Å². The van der Waals surface area contributed by atoms with E-state index in [0.29, 0.717) is 6.61 Å². The number of rotatable bonds is 20. The maximum Gasteiger partial charge on any atom is 0.330 e. The molecule has 0 aromatic rings. The van der Waals surface area contributed by atoms with Crippen LogP contribution in [0.3, 0.4) is 0 Å². The molecular formula is C24H46O2. The predicted octanol–water partition coefficient (Wildman–Crippen LogP) is 8.00. The van der Waals surface area contributed by atoms with Crippen LogP contribution in [0, 0.1) is 5.92 Å². The molecule has 26 heavy (non-hydrogen) atoms. The summed E-state index contributed by atoms with van der Waals surface area (Å²) in [5, 5.41) is 0. The number of unbranched alkanes of at least 4 members (excludes halogenated alkanes) is 11. The molecule has 0 aliphatic carbocycles. The molecule has 154 valence electrons. The molecule has 0 amide bonds. The third-order valence-corrected chi connectivity index (χ3v) is 5.35. The Morgan fingerprint density at radius 1 is 0.731 bits per heavy atom. The zero-order valence-electron chi connectivity index (χ0n) is 17.9. The molecule has 0 saturated heterocycles. The van der Waals surface area contributed by atoms with Gasteiger partial charge < -0.3 is 4.74 Å². The van der Waals surface area contributed by atoms with Crippen molar-refractivity contribution in [1.29, 1.82) is 0 Å². The smallest absolute Gasteiger partial charge is 0.330 e. The van der Waals surface area contributed by atoms with Crippen molar-refractivity contribution in [3.05, 3.63) is 12.7 Å². The van der Waals surface area contributed by atoms with Gasteiger partial charge in [0.15, 0.2) is 0 Å². The summed E-state index contributed by atoms with van der Waals surface area (Å²) in [6.07, 6.45) is 24.2. The van der Waals surface area contributed by atoms with Crippen LogP contribution in [0.2, 0.25) is 0 Å². The average Bonchev–Trinajstić information content (AvgIpc) is 2.66. The molecule has 1 atom stereocenters. The van der Waals surface area contributed by atoms with Gasteiger partial charge in [-0.25, -0.2) is 4.79 Å². The van der Waals surface area contributed by atoms with Gasteiger partial charge in [0, 0.05) is 6.08 Å². The zero-order valence-corrected chi connectivity index (χ0v) is 17.9. The minimum Gasteiger partial charge on any atom is -0.463 e. The van der Waals surface area contributed by atoms with Crippen molar-refractivity contribution in [2.24, 2.45) is 5.92 Å². The highest BCUT2D eigenvalue weighted by Crippen LogP contribution is 2.23. The number of carbonyl (C=O) groups excluding carboxylic acids is 1.